The van der Waals surface area contributed by atoms with Crippen LogP contribution < -0.4 is 0 Å². The highest BCUT2D eigenvalue weighted by Crippen LogP contribution is 2.42. The Morgan fingerprint density at radius 3 is 1.62 bits per heavy atom. The van der Waals surface area contributed by atoms with Crippen LogP contribution in [0.25, 0.3) is 0 Å². The maximum absolute atomic E-state index is 13.9. The molecule has 4 heteroatoms. The van der Waals surface area contributed by atoms with E-state index < -0.39 is 11.4 Å². The summed E-state index contributed by atoms with van der Waals surface area (Å²) in [4.78, 5) is 16.4. The van der Waals surface area contributed by atoms with Gasteiger partial charge in [-0.25, -0.2) is 0 Å². The van der Waals surface area contributed by atoms with E-state index in [0.29, 0.717) is 25.7 Å². The van der Waals surface area contributed by atoms with Crippen LogP contribution in [0.1, 0.15) is 57.2 Å². The lowest BCUT2D eigenvalue weighted by atomic mass is 9.76. The minimum absolute atomic E-state index is 0.184. The third-order valence-corrected chi connectivity index (χ3v) is 7.68. The van der Waals surface area contributed by atoms with Crippen molar-refractivity contribution in [3.8, 4) is 6.07 Å². The van der Waals surface area contributed by atoms with Gasteiger partial charge in [-0.15, -0.1) is 0 Å². The van der Waals surface area contributed by atoms with Crippen LogP contribution >= 0.6 is 0 Å². The zero-order valence-corrected chi connectivity index (χ0v) is 22.5. The Kier molecular flexibility index (Phi) is 7.85. The third-order valence-electron chi connectivity index (χ3n) is 7.68. The van der Waals surface area contributed by atoms with Crippen molar-refractivity contribution in [3.63, 3.8) is 0 Å². The van der Waals surface area contributed by atoms with Crippen LogP contribution in [0.15, 0.2) is 91.0 Å². The topological polar surface area (TPSA) is 53.3 Å². The van der Waals surface area contributed by atoms with Gasteiger partial charge in [0, 0.05) is 43.3 Å². The molecule has 1 fully saturated rings. The summed E-state index contributed by atoms with van der Waals surface area (Å²) in [5.41, 5.74) is 1.52. The van der Waals surface area contributed by atoms with E-state index >= 15 is 0 Å². The Labute approximate surface area is 221 Å². The Hall–Kier alpha value is -3.42. The molecule has 1 aliphatic heterocycles. The highest BCUT2D eigenvalue weighted by Gasteiger charge is 2.49. The predicted octanol–water partition coefficient (Wildman–Crippen LogP) is 6.75. The Balaban J connectivity index is 1.57. The average molecular weight is 495 g/mol. The lowest BCUT2D eigenvalue weighted by molar-refractivity contribution is -0.169. The minimum Gasteiger partial charge on any atom is -0.461 e. The standard InChI is InChI=1S/C33H38N2O2/c1-31(2)22-29(23-32(3,4)35(31)24-28-18-12-7-13-19-28)37-30(36)33(25-34,20-26-14-8-5-9-15-26)21-27-16-10-6-11-17-27/h5-19,29H,20-24H2,1-4H3. The maximum atomic E-state index is 13.9. The van der Waals surface area contributed by atoms with E-state index in [2.05, 4.69) is 62.9 Å². The number of likely N-dealkylation sites (tertiary alicyclic amines) is 1. The summed E-state index contributed by atoms with van der Waals surface area (Å²) in [6.07, 6.45) is 1.80. The van der Waals surface area contributed by atoms with E-state index in [4.69, 9.17) is 4.74 Å². The molecule has 0 bridgehead atoms. The van der Waals surface area contributed by atoms with Gasteiger partial charge in [-0.2, -0.15) is 5.26 Å². The summed E-state index contributed by atoms with van der Waals surface area (Å²) in [7, 11) is 0. The molecule has 192 valence electrons. The van der Waals surface area contributed by atoms with Gasteiger partial charge < -0.3 is 4.74 Å². The van der Waals surface area contributed by atoms with Gasteiger partial charge in [0.05, 0.1) is 6.07 Å². The van der Waals surface area contributed by atoms with Crippen molar-refractivity contribution < 1.29 is 9.53 Å². The first kappa shape index (κ1) is 26.6. The van der Waals surface area contributed by atoms with Gasteiger partial charge in [0.25, 0.3) is 0 Å². The molecular weight excluding hydrogens is 456 g/mol. The molecule has 0 atom stereocenters. The molecule has 4 nitrogen and oxygen atoms in total. The van der Waals surface area contributed by atoms with Crippen molar-refractivity contribution in [2.24, 2.45) is 5.41 Å². The molecule has 0 amide bonds. The molecule has 0 unspecified atom stereocenters. The molecule has 0 saturated carbocycles. The lowest BCUT2D eigenvalue weighted by Crippen LogP contribution is -2.62. The fourth-order valence-electron chi connectivity index (χ4n) is 5.99. The number of nitriles is 1. The molecule has 0 aliphatic carbocycles. The Bertz CT molecular complexity index is 1150. The number of ether oxygens (including phenoxy) is 1. The van der Waals surface area contributed by atoms with Crippen LogP contribution in [0.5, 0.6) is 0 Å². The van der Waals surface area contributed by atoms with Gasteiger partial charge in [-0.1, -0.05) is 91.0 Å². The van der Waals surface area contributed by atoms with Gasteiger partial charge in [0.2, 0.25) is 0 Å². The Morgan fingerprint density at radius 2 is 1.22 bits per heavy atom. The zero-order valence-electron chi connectivity index (χ0n) is 22.5. The molecule has 0 spiro atoms. The van der Waals surface area contributed by atoms with Gasteiger partial charge in [0.1, 0.15) is 6.10 Å². The molecule has 0 aromatic heterocycles. The van der Waals surface area contributed by atoms with Crippen molar-refractivity contribution in [3.05, 3.63) is 108 Å². The molecule has 37 heavy (non-hydrogen) atoms. The SMILES string of the molecule is CC1(C)CC(OC(=O)C(C#N)(Cc2ccccc2)Cc2ccccc2)CC(C)(C)N1Cc1ccccc1. The van der Waals surface area contributed by atoms with Crippen molar-refractivity contribution in [1.82, 2.24) is 4.90 Å². The summed E-state index contributed by atoms with van der Waals surface area (Å²) >= 11 is 0. The summed E-state index contributed by atoms with van der Waals surface area (Å²) in [5, 5.41) is 10.5. The number of nitrogens with zero attached hydrogens (tertiary/aromatic N) is 2. The molecule has 1 saturated heterocycles. The van der Waals surface area contributed by atoms with Gasteiger partial charge >= 0.3 is 5.97 Å². The van der Waals surface area contributed by atoms with E-state index in [-0.39, 0.29) is 17.2 Å². The summed E-state index contributed by atoms with van der Waals surface area (Å²) in [6, 6.07) is 32.5. The van der Waals surface area contributed by atoms with Crippen LogP contribution in [-0.2, 0) is 28.9 Å². The highest BCUT2D eigenvalue weighted by molar-refractivity contribution is 5.81. The van der Waals surface area contributed by atoms with Crippen molar-refractivity contribution in [2.45, 2.75) is 77.1 Å². The number of piperidine rings is 1. The molecule has 0 radical (unpaired) electrons. The van der Waals surface area contributed by atoms with Crippen molar-refractivity contribution in [2.75, 3.05) is 0 Å². The largest absolute Gasteiger partial charge is 0.461 e. The summed E-state index contributed by atoms with van der Waals surface area (Å²) < 4.78 is 6.27. The molecule has 3 aromatic rings. The third kappa shape index (κ3) is 6.29. The Morgan fingerprint density at radius 1 is 0.811 bits per heavy atom. The zero-order chi connectivity index (χ0) is 26.5. The van der Waals surface area contributed by atoms with Crippen LogP contribution in [0.2, 0.25) is 0 Å². The highest BCUT2D eigenvalue weighted by atomic mass is 16.5. The first-order valence-electron chi connectivity index (χ1n) is 13.2. The van der Waals surface area contributed by atoms with Gasteiger partial charge in [-0.3, -0.25) is 9.69 Å². The molecule has 1 aliphatic rings. The first-order chi connectivity index (χ1) is 17.6. The monoisotopic (exact) mass is 494 g/mol. The number of esters is 1. The van der Waals surface area contributed by atoms with Gasteiger partial charge in [0.15, 0.2) is 5.41 Å². The second kappa shape index (κ2) is 10.9. The fourth-order valence-corrected chi connectivity index (χ4v) is 5.99. The summed E-state index contributed by atoms with van der Waals surface area (Å²) in [6.45, 7) is 9.74. The molecule has 3 aromatic carbocycles. The number of hydrogen-bond donors (Lipinski definition) is 0. The van der Waals surface area contributed by atoms with E-state index in [1.807, 2.05) is 66.7 Å². The van der Waals surface area contributed by atoms with E-state index in [1.54, 1.807) is 0 Å². The number of hydrogen-bond acceptors (Lipinski definition) is 4. The van der Waals surface area contributed by atoms with Crippen molar-refractivity contribution in [1.29, 1.82) is 5.26 Å². The minimum atomic E-state index is -1.29. The van der Waals surface area contributed by atoms with Crippen LogP contribution in [-0.4, -0.2) is 28.1 Å². The number of carbonyl (C=O) groups excluding carboxylic acids is 1. The van der Waals surface area contributed by atoms with E-state index in [0.717, 1.165) is 17.7 Å². The van der Waals surface area contributed by atoms with E-state index in [1.165, 1.54) is 5.56 Å². The average Bonchev–Trinajstić information content (AvgIpc) is 2.87. The molecule has 4 rings (SSSR count). The normalized spacial score (nSPS) is 17.6. The quantitative estimate of drug-likeness (QED) is 0.325. The summed E-state index contributed by atoms with van der Waals surface area (Å²) in [5.74, 6) is -0.421. The maximum Gasteiger partial charge on any atom is 0.327 e. The molecule has 1 heterocycles. The number of rotatable bonds is 8. The predicted molar refractivity (Wildman–Crippen MR) is 148 cm³/mol. The fraction of sp³-hybridized carbons (Fsp3) is 0.394. The van der Waals surface area contributed by atoms with Crippen molar-refractivity contribution >= 4 is 5.97 Å². The van der Waals surface area contributed by atoms with Gasteiger partial charge in [-0.05, 0) is 44.4 Å². The van der Waals surface area contributed by atoms with E-state index in [9.17, 15) is 10.1 Å². The van der Waals surface area contributed by atoms with Crippen LogP contribution in [0.4, 0.5) is 0 Å². The first-order valence-corrected chi connectivity index (χ1v) is 13.2. The molecular formula is C33H38N2O2. The smallest absolute Gasteiger partial charge is 0.327 e. The molecule has 0 N–H and O–H groups in total. The second-order valence-corrected chi connectivity index (χ2v) is 11.7. The second-order valence-electron chi connectivity index (χ2n) is 11.7. The lowest BCUT2D eigenvalue weighted by Gasteiger charge is -2.55. The number of carbonyl (C=O) groups is 1. The van der Waals surface area contributed by atoms with Crippen LogP contribution in [0.3, 0.4) is 0 Å². The number of benzene rings is 3. The van der Waals surface area contributed by atoms with Crippen LogP contribution in [0, 0.1) is 16.7 Å².